The quantitative estimate of drug-likeness (QED) is 0.368. The Morgan fingerprint density at radius 3 is 2.85 bits per heavy atom. The number of para-hydroxylation sites is 1. The van der Waals surface area contributed by atoms with Crippen molar-refractivity contribution in [3.63, 3.8) is 0 Å². The zero-order valence-electron chi connectivity index (χ0n) is 14.9. The van der Waals surface area contributed by atoms with Gasteiger partial charge >= 0.3 is 0 Å². The van der Waals surface area contributed by atoms with Crippen LogP contribution in [-0.2, 0) is 6.54 Å². The summed E-state index contributed by atoms with van der Waals surface area (Å²) in [4.78, 5) is 7.35. The summed E-state index contributed by atoms with van der Waals surface area (Å²) in [5.74, 6) is 0. The van der Waals surface area contributed by atoms with Gasteiger partial charge in [0.2, 0.25) is 0 Å². The molecule has 0 radical (unpaired) electrons. The van der Waals surface area contributed by atoms with Crippen LogP contribution in [0.25, 0.3) is 11.3 Å². The normalized spacial score (nSPS) is 12.3. The molecule has 134 valence electrons. The molecule has 1 aliphatic rings. The number of anilines is 2. The number of hydrogen-bond donors (Lipinski definition) is 2. The monoisotopic (exact) mass is 381 g/mol. The van der Waals surface area contributed by atoms with Crippen molar-refractivity contribution in [1.82, 2.24) is 10.3 Å². The number of nitrogens with one attached hydrogen (secondary N) is 2. The highest BCUT2D eigenvalue weighted by molar-refractivity contribution is 7.99. The third kappa shape index (κ3) is 3.95. The van der Waals surface area contributed by atoms with Crippen LogP contribution in [0.4, 0.5) is 11.4 Å². The molecule has 1 aliphatic heterocycles. The largest absolute Gasteiger partial charge is 0.354 e. The van der Waals surface area contributed by atoms with Crippen LogP contribution in [0.1, 0.15) is 31.2 Å². The van der Waals surface area contributed by atoms with Crippen LogP contribution in [0.15, 0.2) is 57.6 Å². The number of aromatic nitrogens is 1. The molecule has 0 fully saturated rings. The Balaban J connectivity index is 1.45. The molecule has 0 bridgehead atoms. The van der Waals surface area contributed by atoms with Crippen molar-refractivity contribution in [1.29, 1.82) is 0 Å². The second kappa shape index (κ2) is 8.25. The van der Waals surface area contributed by atoms with Gasteiger partial charge in [-0.15, -0.1) is 11.3 Å². The molecule has 1 aromatic heterocycles. The van der Waals surface area contributed by atoms with E-state index < -0.39 is 0 Å². The molecule has 0 amide bonds. The summed E-state index contributed by atoms with van der Waals surface area (Å²) < 4.78 is 0. The van der Waals surface area contributed by atoms with E-state index in [1.165, 1.54) is 46.0 Å². The van der Waals surface area contributed by atoms with E-state index in [1.54, 1.807) is 11.3 Å². The number of unbranched alkanes of at least 4 members (excludes halogenated alkanes) is 2. The van der Waals surface area contributed by atoms with Gasteiger partial charge in [-0.2, -0.15) is 0 Å². The standard InChI is InChI=1S/C21H23N3S2/c1-2-3-6-11-22-13-21-24-18(14-25-21)15-9-10-20-17(12-15)23-16-7-4-5-8-19(16)26-20/h4-5,7-10,12,14,22-23H,2-3,6,11,13H2,1H3. The molecule has 2 aromatic carbocycles. The Hall–Kier alpha value is -1.82. The topological polar surface area (TPSA) is 37.0 Å². The molecule has 0 aliphatic carbocycles. The lowest BCUT2D eigenvalue weighted by Crippen LogP contribution is -2.14. The van der Waals surface area contributed by atoms with Crippen molar-refractivity contribution in [3.05, 3.63) is 52.9 Å². The van der Waals surface area contributed by atoms with Gasteiger partial charge in [-0.3, -0.25) is 0 Å². The molecule has 0 saturated carbocycles. The lowest BCUT2D eigenvalue weighted by Gasteiger charge is -2.21. The van der Waals surface area contributed by atoms with E-state index in [2.05, 4.69) is 65.4 Å². The van der Waals surface area contributed by atoms with Gasteiger partial charge in [-0.1, -0.05) is 49.7 Å². The van der Waals surface area contributed by atoms with Gasteiger partial charge in [-0.25, -0.2) is 4.98 Å². The highest BCUT2D eigenvalue weighted by atomic mass is 32.2. The maximum absolute atomic E-state index is 4.81. The first-order valence-corrected chi connectivity index (χ1v) is 10.9. The number of hydrogen-bond acceptors (Lipinski definition) is 5. The molecular formula is C21H23N3S2. The third-order valence-corrected chi connectivity index (χ3v) is 6.44. The highest BCUT2D eigenvalue weighted by Gasteiger charge is 2.16. The molecule has 4 rings (SSSR count). The minimum atomic E-state index is 0.862. The van der Waals surface area contributed by atoms with Gasteiger partial charge in [0, 0.05) is 27.3 Å². The van der Waals surface area contributed by atoms with Crippen LogP contribution in [0.5, 0.6) is 0 Å². The average molecular weight is 382 g/mol. The van der Waals surface area contributed by atoms with E-state index in [-0.39, 0.29) is 0 Å². The van der Waals surface area contributed by atoms with Crippen molar-refractivity contribution in [2.75, 3.05) is 11.9 Å². The van der Waals surface area contributed by atoms with Gasteiger partial charge < -0.3 is 10.6 Å². The number of benzene rings is 2. The van der Waals surface area contributed by atoms with Crippen molar-refractivity contribution < 1.29 is 0 Å². The van der Waals surface area contributed by atoms with Crippen molar-refractivity contribution in [2.45, 2.75) is 42.5 Å². The summed E-state index contributed by atoms with van der Waals surface area (Å²) in [5.41, 5.74) is 4.58. The first-order chi connectivity index (χ1) is 12.8. The summed E-state index contributed by atoms with van der Waals surface area (Å²) in [6, 6.07) is 15.0. The van der Waals surface area contributed by atoms with Crippen LogP contribution in [0.2, 0.25) is 0 Å². The Labute approximate surface area is 163 Å². The third-order valence-electron chi connectivity index (χ3n) is 4.44. The first kappa shape index (κ1) is 17.6. The van der Waals surface area contributed by atoms with Crippen molar-refractivity contribution in [3.8, 4) is 11.3 Å². The lowest BCUT2D eigenvalue weighted by molar-refractivity contribution is 0.615. The van der Waals surface area contributed by atoms with E-state index in [4.69, 9.17) is 4.98 Å². The van der Waals surface area contributed by atoms with E-state index in [0.29, 0.717) is 0 Å². The number of fused-ring (bicyclic) bond motifs is 2. The summed E-state index contributed by atoms with van der Waals surface area (Å²) >= 11 is 3.55. The molecule has 3 nitrogen and oxygen atoms in total. The molecule has 0 spiro atoms. The zero-order valence-corrected chi connectivity index (χ0v) is 16.6. The van der Waals surface area contributed by atoms with Crippen LogP contribution >= 0.6 is 23.1 Å². The fourth-order valence-corrected chi connectivity index (χ4v) is 4.76. The minimum absolute atomic E-state index is 0.862. The van der Waals surface area contributed by atoms with E-state index >= 15 is 0 Å². The summed E-state index contributed by atoms with van der Waals surface area (Å²) in [5, 5.41) is 10.4. The minimum Gasteiger partial charge on any atom is -0.354 e. The van der Waals surface area contributed by atoms with Crippen molar-refractivity contribution in [2.24, 2.45) is 0 Å². The molecule has 0 unspecified atom stereocenters. The van der Waals surface area contributed by atoms with Gasteiger partial charge in [0.1, 0.15) is 5.01 Å². The van der Waals surface area contributed by atoms with Gasteiger partial charge in [0.05, 0.1) is 17.1 Å². The van der Waals surface area contributed by atoms with Crippen LogP contribution in [0.3, 0.4) is 0 Å². The molecule has 0 saturated heterocycles. The predicted octanol–water partition coefficient (Wildman–Crippen LogP) is 6.30. The molecular weight excluding hydrogens is 358 g/mol. The number of nitrogens with zero attached hydrogens (tertiary/aromatic N) is 1. The Morgan fingerprint density at radius 1 is 1.04 bits per heavy atom. The fourth-order valence-electron chi connectivity index (χ4n) is 3.02. The van der Waals surface area contributed by atoms with E-state index in [1.807, 2.05) is 11.8 Å². The molecule has 0 atom stereocenters. The van der Waals surface area contributed by atoms with Gasteiger partial charge in [0.15, 0.2) is 0 Å². The fraction of sp³-hybridized carbons (Fsp3) is 0.286. The van der Waals surface area contributed by atoms with E-state index in [9.17, 15) is 0 Å². The summed E-state index contributed by atoms with van der Waals surface area (Å²) in [7, 11) is 0. The van der Waals surface area contributed by atoms with Crippen molar-refractivity contribution >= 4 is 34.5 Å². The maximum Gasteiger partial charge on any atom is 0.107 e. The Kier molecular flexibility index (Phi) is 5.58. The second-order valence-corrected chi connectivity index (χ2v) is 8.47. The van der Waals surface area contributed by atoms with Crippen LogP contribution < -0.4 is 10.6 Å². The highest BCUT2D eigenvalue weighted by Crippen LogP contribution is 2.45. The zero-order chi connectivity index (χ0) is 17.8. The predicted molar refractivity (Wildman–Crippen MR) is 113 cm³/mol. The van der Waals surface area contributed by atoms with Gasteiger partial charge in [0.25, 0.3) is 0 Å². The lowest BCUT2D eigenvalue weighted by atomic mass is 10.1. The second-order valence-electron chi connectivity index (χ2n) is 6.44. The number of thiazole rings is 1. The SMILES string of the molecule is CCCCCNCc1nc(-c2ccc3c(c2)Nc2ccccc2S3)cs1. The first-order valence-electron chi connectivity index (χ1n) is 9.17. The maximum atomic E-state index is 4.81. The van der Waals surface area contributed by atoms with Crippen LogP contribution in [-0.4, -0.2) is 11.5 Å². The molecule has 2 heterocycles. The average Bonchev–Trinajstić information content (AvgIpc) is 3.14. The summed E-state index contributed by atoms with van der Waals surface area (Å²) in [6.07, 6.45) is 3.79. The molecule has 2 N–H and O–H groups in total. The molecule has 26 heavy (non-hydrogen) atoms. The van der Waals surface area contributed by atoms with E-state index in [0.717, 1.165) is 23.8 Å². The molecule has 3 aromatic rings. The van der Waals surface area contributed by atoms with Crippen LogP contribution in [0, 0.1) is 0 Å². The number of rotatable bonds is 7. The smallest absolute Gasteiger partial charge is 0.107 e. The van der Waals surface area contributed by atoms with Gasteiger partial charge in [-0.05, 0) is 37.2 Å². The Bertz CT molecular complexity index is 888. The summed E-state index contributed by atoms with van der Waals surface area (Å²) in [6.45, 7) is 4.17. The molecule has 5 heteroatoms. The Morgan fingerprint density at radius 2 is 1.92 bits per heavy atom.